The Morgan fingerprint density at radius 2 is 2.00 bits per heavy atom. The van der Waals surface area contributed by atoms with Gasteiger partial charge in [0.15, 0.2) is 0 Å². The number of carboxylic acid groups (broad SMARTS) is 1. The lowest BCUT2D eigenvalue weighted by molar-refractivity contribution is -0.138. The molecular weight excluding hydrogens is 260 g/mol. The summed E-state index contributed by atoms with van der Waals surface area (Å²) >= 11 is 0. The number of carboxylic acids is 1. The zero-order valence-corrected chi connectivity index (χ0v) is 11.9. The van der Waals surface area contributed by atoms with Crippen molar-refractivity contribution in [2.45, 2.75) is 39.2 Å². The van der Waals surface area contributed by atoms with Crippen molar-refractivity contribution in [3.63, 3.8) is 0 Å². The van der Waals surface area contributed by atoms with Crippen LogP contribution in [0.2, 0.25) is 0 Å². The highest BCUT2D eigenvalue weighted by Crippen LogP contribution is 2.18. The summed E-state index contributed by atoms with van der Waals surface area (Å²) in [4.78, 5) is 17.0. The van der Waals surface area contributed by atoms with Crippen LogP contribution in [0.1, 0.15) is 30.7 Å². The van der Waals surface area contributed by atoms with Gasteiger partial charge in [-0.2, -0.15) is 5.10 Å². The molecule has 7 heteroatoms. The number of hydrogen-bond acceptors (Lipinski definition) is 6. The number of ether oxygens (including phenoxy) is 1. The standard InChI is InChI=1S/C13H20N4O3/c1-9-10(2)15-16-13(14-9)17-6-3-11(4-7-17)20-8-5-12(18)19/h11H,3-8H2,1-2H3,(H,18,19). The Labute approximate surface area is 118 Å². The molecule has 7 nitrogen and oxygen atoms in total. The first kappa shape index (κ1) is 14.6. The van der Waals surface area contributed by atoms with E-state index in [0.717, 1.165) is 37.3 Å². The summed E-state index contributed by atoms with van der Waals surface area (Å²) < 4.78 is 5.56. The number of rotatable bonds is 5. The number of aromatic nitrogens is 3. The fraction of sp³-hybridized carbons (Fsp3) is 0.692. The van der Waals surface area contributed by atoms with Crippen molar-refractivity contribution in [1.29, 1.82) is 0 Å². The van der Waals surface area contributed by atoms with Gasteiger partial charge in [-0.15, -0.1) is 5.10 Å². The number of anilines is 1. The predicted molar refractivity (Wildman–Crippen MR) is 72.7 cm³/mol. The highest BCUT2D eigenvalue weighted by atomic mass is 16.5. The smallest absolute Gasteiger partial charge is 0.305 e. The summed E-state index contributed by atoms with van der Waals surface area (Å²) in [6.07, 6.45) is 1.90. The van der Waals surface area contributed by atoms with E-state index in [2.05, 4.69) is 20.1 Å². The van der Waals surface area contributed by atoms with Crippen molar-refractivity contribution < 1.29 is 14.6 Å². The van der Waals surface area contributed by atoms with E-state index in [9.17, 15) is 4.79 Å². The maximum Gasteiger partial charge on any atom is 0.305 e. The molecular formula is C13H20N4O3. The molecule has 110 valence electrons. The van der Waals surface area contributed by atoms with E-state index in [0.29, 0.717) is 5.95 Å². The molecule has 0 spiro atoms. The van der Waals surface area contributed by atoms with E-state index in [-0.39, 0.29) is 19.1 Å². The lowest BCUT2D eigenvalue weighted by Gasteiger charge is -2.31. The zero-order valence-electron chi connectivity index (χ0n) is 11.9. The van der Waals surface area contributed by atoms with E-state index in [1.165, 1.54) is 0 Å². The molecule has 0 atom stereocenters. The Kier molecular flexibility index (Phi) is 4.84. The largest absolute Gasteiger partial charge is 0.481 e. The van der Waals surface area contributed by atoms with E-state index in [1.54, 1.807) is 0 Å². The van der Waals surface area contributed by atoms with Gasteiger partial charge in [0.1, 0.15) is 0 Å². The van der Waals surface area contributed by atoms with Crippen molar-refractivity contribution in [1.82, 2.24) is 15.2 Å². The molecule has 0 unspecified atom stereocenters. The van der Waals surface area contributed by atoms with Gasteiger partial charge in [0.05, 0.1) is 30.5 Å². The molecule has 1 aliphatic rings. The van der Waals surface area contributed by atoms with Crippen LogP contribution < -0.4 is 4.90 Å². The van der Waals surface area contributed by atoms with Crippen LogP contribution in [0.15, 0.2) is 0 Å². The van der Waals surface area contributed by atoms with Crippen LogP contribution in [0.3, 0.4) is 0 Å². The number of piperidine rings is 1. The van der Waals surface area contributed by atoms with Gasteiger partial charge in [0.2, 0.25) is 5.95 Å². The number of carbonyl (C=O) groups is 1. The van der Waals surface area contributed by atoms with Crippen LogP contribution in [-0.2, 0) is 9.53 Å². The molecule has 1 saturated heterocycles. The molecule has 1 aromatic rings. The molecule has 0 saturated carbocycles. The minimum atomic E-state index is -0.822. The average molecular weight is 280 g/mol. The number of aliphatic carboxylic acids is 1. The van der Waals surface area contributed by atoms with E-state index >= 15 is 0 Å². The topological polar surface area (TPSA) is 88.4 Å². The lowest BCUT2D eigenvalue weighted by atomic mass is 10.1. The number of hydrogen-bond donors (Lipinski definition) is 1. The van der Waals surface area contributed by atoms with Gasteiger partial charge < -0.3 is 14.7 Å². The third-order valence-corrected chi connectivity index (χ3v) is 3.48. The minimum Gasteiger partial charge on any atom is -0.481 e. The Balaban J connectivity index is 1.81. The average Bonchev–Trinajstić information content (AvgIpc) is 2.42. The van der Waals surface area contributed by atoms with E-state index in [1.807, 2.05) is 13.8 Å². The second-order valence-electron chi connectivity index (χ2n) is 4.98. The summed E-state index contributed by atoms with van der Waals surface area (Å²) in [6.45, 7) is 5.71. The molecule has 2 heterocycles. The third kappa shape index (κ3) is 3.86. The van der Waals surface area contributed by atoms with Crippen LogP contribution in [0.5, 0.6) is 0 Å². The molecule has 0 aliphatic carbocycles. The van der Waals surface area contributed by atoms with Crippen LogP contribution >= 0.6 is 0 Å². The number of aryl methyl sites for hydroxylation is 2. The Bertz CT molecular complexity index is 473. The monoisotopic (exact) mass is 280 g/mol. The van der Waals surface area contributed by atoms with E-state index < -0.39 is 5.97 Å². The Hall–Kier alpha value is -1.76. The van der Waals surface area contributed by atoms with Crippen molar-refractivity contribution in [3.8, 4) is 0 Å². The third-order valence-electron chi connectivity index (χ3n) is 3.48. The summed E-state index contributed by atoms with van der Waals surface area (Å²) in [6, 6.07) is 0. The summed E-state index contributed by atoms with van der Waals surface area (Å²) in [5, 5.41) is 16.8. The molecule has 0 radical (unpaired) electrons. The van der Waals surface area contributed by atoms with Gasteiger partial charge in [-0.1, -0.05) is 0 Å². The maximum absolute atomic E-state index is 10.4. The van der Waals surface area contributed by atoms with Crippen molar-refractivity contribution in [2.75, 3.05) is 24.6 Å². The summed E-state index contributed by atoms with van der Waals surface area (Å²) in [7, 11) is 0. The highest BCUT2D eigenvalue weighted by Gasteiger charge is 2.22. The highest BCUT2D eigenvalue weighted by molar-refractivity contribution is 5.66. The first-order valence-corrected chi connectivity index (χ1v) is 6.82. The SMILES string of the molecule is Cc1nnc(N2CCC(OCCC(=O)O)CC2)nc1C. The quantitative estimate of drug-likeness (QED) is 0.858. The fourth-order valence-electron chi connectivity index (χ4n) is 2.11. The van der Waals surface area contributed by atoms with Crippen LogP contribution in [0, 0.1) is 13.8 Å². The molecule has 1 fully saturated rings. The maximum atomic E-state index is 10.4. The second-order valence-corrected chi connectivity index (χ2v) is 4.98. The number of nitrogens with zero attached hydrogens (tertiary/aromatic N) is 4. The van der Waals surface area contributed by atoms with Crippen molar-refractivity contribution in [3.05, 3.63) is 11.4 Å². The molecule has 0 bridgehead atoms. The van der Waals surface area contributed by atoms with Gasteiger partial charge in [-0.05, 0) is 26.7 Å². The zero-order chi connectivity index (χ0) is 14.5. The molecule has 2 rings (SSSR count). The molecule has 1 N–H and O–H groups in total. The van der Waals surface area contributed by atoms with Crippen LogP contribution in [0.4, 0.5) is 5.95 Å². The van der Waals surface area contributed by atoms with Crippen LogP contribution in [0.25, 0.3) is 0 Å². The Morgan fingerprint density at radius 3 is 2.60 bits per heavy atom. The van der Waals surface area contributed by atoms with Gasteiger partial charge in [0.25, 0.3) is 0 Å². The van der Waals surface area contributed by atoms with Gasteiger partial charge in [-0.3, -0.25) is 4.79 Å². The van der Waals surface area contributed by atoms with Crippen molar-refractivity contribution >= 4 is 11.9 Å². The summed E-state index contributed by atoms with van der Waals surface area (Å²) in [5.74, 6) is -0.158. The van der Waals surface area contributed by atoms with Gasteiger partial charge in [0, 0.05) is 13.1 Å². The predicted octanol–water partition coefficient (Wildman–Crippen LogP) is 0.949. The first-order valence-electron chi connectivity index (χ1n) is 6.82. The minimum absolute atomic E-state index is 0.0599. The Morgan fingerprint density at radius 1 is 1.30 bits per heavy atom. The molecule has 0 amide bonds. The summed E-state index contributed by atoms with van der Waals surface area (Å²) in [5.41, 5.74) is 1.75. The lowest BCUT2D eigenvalue weighted by Crippen LogP contribution is -2.38. The molecule has 0 aromatic carbocycles. The molecule has 1 aliphatic heterocycles. The van der Waals surface area contributed by atoms with Gasteiger partial charge >= 0.3 is 5.97 Å². The molecule has 1 aromatic heterocycles. The van der Waals surface area contributed by atoms with Crippen LogP contribution in [-0.4, -0.2) is 52.1 Å². The van der Waals surface area contributed by atoms with Gasteiger partial charge in [-0.25, -0.2) is 4.98 Å². The second kappa shape index (κ2) is 6.60. The van der Waals surface area contributed by atoms with Crippen molar-refractivity contribution in [2.24, 2.45) is 0 Å². The normalized spacial score (nSPS) is 16.4. The first-order chi connectivity index (χ1) is 9.56. The van der Waals surface area contributed by atoms with E-state index in [4.69, 9.17) is 9.84 Å². The fourth-order valence-corrected chi connectivity index (χ4v) is 2.11. The molecule has 20 heavy (non-hydrogen) atoms.